The Kier molecular flexibility index (Phi) is 1.72. The number of rotatable bonds is 1. The second-order valence-electron chi connectivity index (χ2n) is 4.16. The van der Waals surface area contributed by atoms with Gasteiger partial charge in [0.2, 0.25) is 0 Å². The van der Waals surface area contributed by atoms with Gasteiger partial charge in [-0.1, -0.05) is 0 Å². The van der Waals surface area contributed by atoms with Crippen LogP contribution in [-0.2, 0) is 9.47 Å². The molecule has 0 aromatic heterocycles. The van der Waals surface area contributed by atoms with E-state index in [9.17, 15) is 4.79 Å². The number of nitrogens with two attached hydrogens (primary N) is 1. The normalized spacial score (nSPS) is 46.1. The van der Waals surface area contributed by atoms with Gasteiger partial charge in [-0.05, 0) is 6.42 Å². The first-order chi connectivity index (χ1) is 6.79. The molecule has 0 aromatic rings. The molecule has 0 bridgehead atoms. The van der Waals surface area contributed by atoms with Gasteiger partial charge < -0.3 is 15.2 Å². The number of nitrogens with zero attached hydrogens (tertiary/aromatic N) is 1. The Labute approximate surface area is 82.1 Å². The number of carbonyl (C=O) groups is 1. The van der Waals surface area contributed by atoms with Crippen LogP contribution in [0, 0.1) is 5.92 Å². The van der Waals surface area contributed by atoms with Crippen LogP contribution in [0.3, 0.4) is 0 Å². The van der Waals surface area contributed by atoms with Crippen LogP contribution >= 0.6 is 0 Å². The largest absolute Gasteiger partial charge is 0.448 e. The van der Waals surface area contributed by atoms with Crippen LogP contribution in [0.4, 0.5) is 4.79 Å². The van der Waals surface area contributed by atoms with Crippen LogP contribution in [0.2, 0.25) is 0 Å². The fourth-order valence-electron chi connectivity index (χ4n) is 2.78. The number of hydrogen-bond acceptors (Lipinski definition) is 4. The molecule has 0 radical (unpaired) electrons. The average molecular weight is 198 g/mol. The van der Waals surface area contributed by atoms with Crippen molar-refractivity contribution in [2.75, 3.05) is 19.8 Å². The molecule has 2 saturated heterocycles. The summed E-state index contributed by atoms with van der Waals surface area (Å²) >= 11 is 0. The molecule has 4 atom stereocenters. The van der Waals surface area contributed by atoms with E-state index in [0.29, 0.717) is 19.1 Å². The lowest BCUT2D eigenvalue weighted by atomic mass is 9.71. The van der Waals surface area contributed by atoms with Crippen LogP contribution in [0.1, 0.15) is 6.42 Å². The Balaban J connectivity index is 1.76. The zero-order valence-corrected chi connectivity index (χ0v) is 7.89. The smallest absolute Gasteiger partial charge is 0.410 e. The van der Waals surface area contributed by atoms with Crippen LogP contribution in [0.5, 0.6) is 0 Å². The number of ether oxygens (including phenoxy) is 2. The molecule has 2 N–H and O–H groups in total. The third kappa shape index (κ3) is 0.938. The van der Waals surface area contributed by atoms with Gasteiger partial charge in [0.05, 0.1) is 18.7 Å². The van der Waals surface area contributed by atoms with Gasteiger partial charge in [-0.15, -0.1) is 0 Å². The Hall–Kier alpha value is -0.810. The van der Waals surface area contributed by atoms with Crippen LogP contribution in [0.15, 0.2) is 0 Å². The maximum atomic E-state index is 11.3. The monoisotopic (exact) mass is 198 g/mol. The molecule has 1 aliphatic carbocycles. The Morgan fingerprint density at radius 1 is 1.43 bits per heavy atom. The van der Waals surface area contributed by atoms with Crippen molar-refractivity contribution in [1.82, 2.24) is 4.90 Å². The van der Waals surface area contributed by atoms with Crippen molar-refractivity contribution >= 4 is 6.09 Å². The average Bonchev–Trinajstić information content (AvgIpc) is 2.75. The summed E-state index contributed by atoms with van der Waals surface area (Å²) < 4.78 is 10.5. The number of carbonyl (C=O) groups excluding carboxylic acids is 1. The molecular formula is C9H14N2O3. The first kappa shape index (κ1) is 8.49. The molecule has 5 nitrogen and oxygen atoms in total. The van der Waals surface area contributed by atoms with E-state index in [1.54, 1.807) is 4.90 Å². The molecule has 1 saturated carbocycles. The summed E-state index contributed by atoms with van der Waals surface area (Å²) in [5.41, 5.74) is 6.02. The minimum Gasteiger partial charge on any atom is -0.448 e. The van der Waals surface area contributed by atoms with Crippen LogP contribution < -0.4 is 5.73 Å². The molecule has 4 unspecified atom stereocenters. The van der Waals surface area contributed by atoms with Crippen LogP contribution in [-0.4, -0.2) is 48.9 Å². The molecule has 3 rings (SSSR count). The molecule has 5 heteroatoms. The van der Waals surface area contributed by atoms with E-state index in [1.807, 2.05) is 0 Å². The van der Waals surface area contributed by atoms with E-state index < -0.39 is 0 Å². The molecular weight excluding hydrogens is 184 g/mol. The summed E-state index contributed by atoms with van der Waals surface area (Å²) in [6, 6.07) is 0.130. The van der Waals surface area contributed by atoms with Gasteiger partial charge in [-0.3, -0.25) is 4.90 Å². The molecule has 2 heterocycles. The van der Waals surface area contributed by atoms with Gasteiger partial charge >= 0.3 is 6.09 Å². The lowest BCUT2D eigenvalue weighted by Crippen LogP contribution is -2.69. The maximum absolute atomic E-state index is 11.3. The van der Waals surface area contributed by atoms with E-state index >= 15 is 0 Å². The molecule has 2 aliphatic heterocycles. The van der Waals surface area contributed by atoms with E-state index in [-0.39, 0.29) is 24.3 Å². The quantitative estimate of drug-likeness (QED) is 0.620. The first-order valence-corrected chi connectivity index (χ1v) is 5.09. The summed E-state index contributed by atoms with van der Waals surface area (Å²) in [5, 5.41) is 0. The lowest BCUT2D eigenvalue weighted by Gasteiger charge is -2.48. The molecule has 78 valence electrons. The van der Waals surface area contributed by atoms with Gasteiger partial charge in [0.1, 0.15) is 6.61 Å². The summed E-state index contributed by atoms with van der Waals surface area (Å²) in [5.74, 6) is 0.452. The van der Waals surface area contributed by atoms with Crippen molar-refractivity contribution in [3.8, 4) is 0 Å². The van der Waals surface area contributed by atoms with E-state index in [1.165, 1.54) is 0 Å². The van der Waals surface area contributed by atoms with Gasteiger partial charge in [-0.25, -0.2) is 4.79 Å². The predicted molar refractivity (Wildman–Crippen MR) is 47.7 cm³/mol. The Morgan fingerprint density at radius 2 is 2.29 bits per heavy atom. The number of hydrogen-bond donors (Lipinski definition) is 1. The molecule has 3 fully saturated rings. The highest BCUT2D eigenvalue weighted by atomic mass is 16.6. The summed E-state index contributed by atoms with van der Waals surface area (Å²) in [7, 11) is 0. The third-order valence-electron chi connectivity index (χ3n) is 3.56. The van der Waals surface area contributed by atoms with Crippen molar-refractivity contribution < 1.29 is 14.3 Å². The third-order valence-corrected chi connectivity index (χ3v) is 3.56. The van der Waals surface area contributed by atoms with Crippen LogP contribution in [0.25, 0.3) is 0 Å². The minimum absolute atomic E-state index is 0.0532. The molecule has 3 aliphatic rings. The molecule has 14 heavy (non-hydrogen) atoms. The highest BCUT2D eigenvalue weighted by Crippen LogP contribution is 2.41. The van der Waals surface area contributed by atoms with Crippen molar-refractivity contribution in [2.24, 2.45) is 11.7 Å². The highest BCUT2D eigenvalue weighted by Gasteiger charge is 2.56. The van der Waals surface area contributed by atoms with E-state index in [0.717, 1.165) is 13.0 Å². The standard InChI is InChI=1S/C9H14N2O3/c10-6-5-1-3-13-8(5)7(6)11-2-4-14-9(11)12/h5-8H,1-4,10H2. The van der Waals surface area contributed by atoms with Gasteiger partial charge in [0.15, 0.2) is 0 Å². The molecule has 1 amide bonds. The summed E-state index contributed by atoms with van der Waals surface area (Å²) in [6.45, 7) is 1.92. The van der Waals surface area contributed by atoms with Crippen molar-refractivity contribution in [3.63, 3.8) is 0 Å². The molecule has 0 spiro atoms. The number of fused-ring (bicyclic) bond motifs is 1. The van der Waals surface area contributed by atoms with E-state index in [2.05, 4.69) is 0 Å². The van der Waals surface area contributed by atoms with Crippen molar-refractivity contribution in [1.29, 1.82) is 0 Å². The zero-order chi connectivity index (χ0) is 9.71. The second kappa shape index (κ2) is 2.84. The molecule has 0 aromatic carbocycles. The topological polar surface area (TPSA) is 64.8 Å². The summed E-state index contributed by atoms with van der Waals surface area (Å²) in [6.07, 6.45) is 0.959. The fourth-order valence-corrected chi connectivity index (χ4v) is 2.78. The second-order valence-corrected chi connectivity index (χ2v) is 4.16. The Morgan fingerprint density at radius 3 is 3.00 bits per heavy atom. The van der Waals surface area contributed by atoms with Gasteiger partial charge in [0, 0.05) is 18.6 Å². The van der Waals surface area contributed by atoms with Crippen molar-refractivity contribution in [3.05, 3.63) is 0 Å². The Bertz CT molecular complexity index is 271. The van der Waals surface area contributed by atoms with Gasteiger partial charge in [0.25, 0.3) is 0 Å². The highest BCUT2D eigenvalue weighted by molar-refractivity contribution is 5.70. The van der Waals surface area contributed by atoms with E-state index in [4.69, 9.17) is 15.2 Å². The summed E-state index contributed by atoms with van der Waals surface area (Å²) in [4.78, 5) is 13.1. The number of cyclic esters (lactones) is 1. The lowest BCUT2D eigenvalue weighted by molar-refractivity contribution is -0.0552. The minimum atomic E-state index is -0.237. The predicted octanol–water partition coefficient (Wildman–Crippen LogP) is -0.447. The SMILES string of the molecule is NC1C2CCOC2C1N1CCOC1=O. The number of amides is 1. The van der Waals surface area contributed by atoms with Gasteiger partial charge in [-0.2, -0.15) is 0 Å². The maximum Gasteiger partial charge on any atom is 0.410 e. The zero-order valence-electron chi connectivity index (χ0n) is 7.89. The fraction of sp³-hybridized carbons (Fsp3) is 0.889. The first-order valence-electron chi connectivity index (χ1n) is 5.09. The van der Waals surface area contributed by atoms with Crippen molar-refractivity contribution in [2.45, 2.75) is 24.6 Å².